The number of hydrogen-bond donors (Lipinski definition) is 1. The van der Waals surface area contributed by atoms with Crippen LogP contribution in [-0.2, 0) is 11.2 Å². The van der Waals surface area contributed by atoms with E-state index in [1.165, 1.54) is 18.4 Å². The van der Waals surface area contributed by atoms with Crippen molar-refractivity contribution in [3.63, 3.8) is 0 Å². The van der Waals surface area contributed by atoms with Gasteiger partial charge in [-0.25, -0.2) is 0 Å². The Morgan fingerprint density at radius 1 is 1.29 bits per heavy atom. The lowest BCUT2D eigenvalue weighted by Crippen LogP contribution is -2.44. The van der Waals surface area contributed by atoms with Crippen LogP contribution in [0, 0.1) is 11.8 Å². The second-order valence-electron chi connectivity index (χ2n) is 6.43. The Bertz CT molecular complexity index is 458. The molecule has 21 heavy (non-hydrogen) atoms. The van der Waals surface area contributed by atoms with Crippen LogP contribution >= 0.6 is 0 Å². The van der Waals surface area contributed by atoms with E-state index < -0.39 is 0 Å². The third-order valence-corrected chi connectivity index (χ3v) is 4.60. The number of nitrogens with one attached hydrogen (secondary N) is 1. The highest BCUT2D eigenvalue weighted by Gasteiger charge is 2.27. The summed E-state index contributed by atoms with van der Waals surface area (Å²) >= 11 is 0. The number of carbonyl (C=O) groups excluding carboxylic acids is 1. The smallest absolute Gasteiger partial charge is 0.224 e. The van der Waals surface area contributed by atoms with Crippen LogP contribution in [-0.4, -0.2) is 42.0 Å². The summed E-state index contributed by atoms with van der Waals surface area (Å²) in [6, 6.07) is 4.15. The molecule has 1 N–H and O–H groups in total. The zero-order valence-electron chi connectivity index (χ0n) is 12.6. The van der Waals surface area contributed by atoms with Gasteiger partial charge in [-0.15, -0.1) is 0 Å². The van der Waals surface area contributed by atoms with Crippen molar-refractivity contribution < 1.29 is 4.79 Å². The van der Waals surface area contributed by atoms with Gasteiger partial charge in [0.25, 0.3) is 0 Å². The minimum Gasteiger partial charge on any atom is -0.356 e. The molecule has 1 aliphatic carbocycles. The quantitative estimate of drug-likeness (QED) is 0.868. The monoisotopic (exact) mass is 287 g/mol. The van der Waals surface area contributed by atoms with E-state index in [4.69, 9.17) is 0 Å². The molecule has 1 aliphatic heterocycles. The zero-order valence-corrected chi connectivity index (χ0v) is 12.6. The third kappa shape index (κ3) is 4.53. The second kappa shape index (κ2) is 7.03. The maximum absolute atomic E-state index is 12.2. The molecule has 114 valence electrons. The molecule has 2 heterocycles. The molecular weight excluding hydrogens is 262 g/mol. The van der Waals surface area contributed by atoms with Crippen molar-refractivity contribution in [2.24, 2.45) is 11.8 Å². The molecule has 1 unspecified atom stereocenters. The van der Waals surface area contributed by atoms with Gasteiger partial charge in [-0.05, 0) is 62.3 Å². The summed E-state index contributed by atoms with van der Waals surface area (Å²) in [5, 5.41) is 3.13. The predicted octanol–water partition coefficient (Wildman–Crippen LogP) is 1.86. The largest absolute Gasteiger partial charge is 0.356 e. The SMILES string of the molecule is O=C(NCC1CC1)C1CCCN(CCc2ccncc2)C1. The first-order valence-corrected chi connectivity index (χ1v) is 8.20. The highest BCUT2D eigenvalue weighted by molar-refractivity contribution is 5.79. The van der Waals surface area contributed by atoms with E-state index in [1.54, 1.807) is 0 Å². The normalized spacial score (nSPS) is 23.0. The Morgan fingerprint density at radius 2 is 2.10 bits per heavy atom. The average Bonchev–Trinajstić information content (AvgIpc) is 3.36. The molecule has 1 aromatic heterocycles. The molecule has 2 fully saturated rings. The number of aromatic nitrogens is 1. The van der Waals surface area contributed by atoms with Crippen LogP contribution in [0.1, 0.15) is 31.2 Å². The molecule has 0 aromatic carbocycles. The van der Waals surface area contributed by atoms with Crippen molar-refractivity contribution in [1.82, 2.24) is 15.2 Å². The fourth-order valence-corrected chi connectivity index (χ4v) is 3.02. The van der Waals surface area contributed by atoms with Gasteiger partial charge in [0.1, 0.15) is 0 Å². The lowest BCUT2D eigenvalue weighted by molar-refractivity contribution is -0.126. The van der Waals surface area contributed by atoms with Gasteiger partial charge < -0.3 is 10.2 Å². The topological polar surface area (TPSA) is 45.2 Å². The van der Waals surface area contributed by atoms with E-state index in [0.717, 1.165) is 51.4 Å². The third-order valence-electron chi connectivity index (χ3n) is 4.60. The Morgan fingerprint density at radius 3 is 2.86 bits per heavy atom. The van der Waals surface area contributed by atoms with Gasteiger partial charge in [0.15, 0.2) is 0 Å². The Kier molecular flexibility index (Phi) is 4.86. The van der Waals surface area contributed by atoms with Crippen molar-refractivity contribution in [3.8, 4) is 0 Å². The first-order valence-electron chi connectivity index (χ1n) is 8.20. The number of amides is 1. The van der Waals surface area contributed by atoms with E-state index in [0.29, 0.717) is 0 Å². The molecule has 3 rings (SSSR count). The van der Waals surface area contributed by atoms with Crippen LogP contribution in [0.15, 0.2) is 24.5 Å². The standard InChI is InChI=1S/C17H25N3O/c21-17(19-12-15-3-4-15)16-2-1-10-20(13-16)11-7-14-5-8-18-9-6-14/h5-6,8-9,15-16H,1-4,7,10-13H2,(H,19,21). The van der Waals surface area contributed by atoms with Gasteiger partial charge in [0.05, 0.1) is 5.92 Å². The van der Waals surface area contributed by atoms with Gasteiger partial charge in [-0.3, -0.25) is 9.78 Å². The lowest BCUT2D eigenvalue weighted by atomic mass is 9.96. The molecule has 1 aromatic rings. The van der Waals surface area contributed by atoms with Crippen LogP contribution < -0.4 is 5.32 Å². The van der Waals surface area contributed by atoms with Crippen LogP contribution in [0.4, 0.5) is 0 Å². The number of hydrogen-bond acceptors (Lipinski definition) is 3. The molecule has 4 heteroatoms. The number of nitrogens with zero attached hydrogens (tertiary/aromatic N) is 2. The van der Waals surface area contributed by atoms with E-state index in [-0.39, 0.29) is 11.8 Å². The summed E-state index contributed by atoms with van der Waals surface area (Å²) in [6.45, 7) is 3.97. The van der Waals surface area contributed by atoms with Crippen molar-refractivity contribution in [2.45, 2.75) is 32.1 Å². The lowest BCUT2D eigenvalue weighted by Gasteiger charge is -2.32. The number of likely N-dealkylation sites (tertiary alicyclic amines) is 1. The van der Waals surface area contributed by atoms with Crippen molar-refractivity contribution in [2.75, 3.05) is 26.2 Å². The fraction of sp³-hybridized carbons (Fsp3) is 0.647. The summed E-state index contributed by atoms with van der Waals surface area (Å²) in [7, 11) is 0. The van der Waals surface area contributed by atoms with Gasteiger partial charge >= 0.3 is 0 Å². The average molecular weight is 287 g/mol. The van der Waals surface area contributed by atoms with Crippen molar-refractivity contribution >= 4 is 5.91 Å². The Hall–Kier alpha value is -1.42. The molecule has 0 spiro atoms. The molecule has 0 bridgehead atoms. The van der Waals surface area contributed by atoms with Gasteiger partial charge in [0.2, 0.25) is 5.91 Å². The highest BCUT2D eigenvalue weighted by Crippen LogP contribution is 2.27. The molecule has 1 saturated carbocycles. The first-order chi connectivity index (χ1) is 10.3. The van der Waals surface area contributed by atoms with E-state index in [1.807, 2.05) is 12.4 Å². The Labute approximate surface area is 126 Å². The first kappa shape index (κ1) is 14.5. The minimum atomic E-state index is 0.190. The summed E-state index contributed by atoms with van der Waals surface area (Å²) < 4.78 is 0. The van der Waals surface area contributed by atoms with Crippen LogP contribution in [0.3, 0.4) is 0 Å². The van der Waals surface area contributed by atoms with E-state index >= 15 is 0 Å². The number of piperidine rings is 1. The minimum absolute atomic E-state index is 0.190. The molecule has 1 amide bonds. The predicted molar refractivity (Wildman–Crippen MR) is 82.8 cm³/mol. The van der Waals surface area contributed by atoms with Crippen LogP contribution in [0.2, 0.25) is 0 Å². The van der Waals surface area contributed by atoms with E-state index in [9.17, 15) is 4.79 Å². The molecular formula is C17H25N3O. The fourth-order valence-electron chi connectivity index (χ4n) is 3.02. The number of pyridine rings is 1. The van der Waals surface area contributed by atoms with Gasteiger partial charge in [0, 0.05) is 32.0 Å². The highest BCUT2D eigenvalue weighted by atomic mass is 16.1. The number of carbonyl (C=O) groups is 1. The molecule has 2 aliphatic rings. The van der Waals surface area contributed by atoms with E-state index in [2.05, 4.69) is 27.3 Å². The van der Waals surface area contributed by atoms with Gasteiger partial charge in [-0.2, -0.15) is 0 Å². The van der Waals surface area contributed by atoms with Gasteiger partial charge in [-0.1, -0.05) is 0 Å². The van der Waals surface area contributed by atoms with Crippen LogP contribution in [0.5, 0.6) is 0 Å². The molecule has 0 radical (unpaired) electrons. The number of rotatable bonds is 6. The van der Waals surface area contributed by atoms with Crippen LogP contribution in [0.25, 0.3) is 0 Å². The molecule has 4 nitrogen and oxygen atoms in total. The summed E-state index contributed by atoms with van der Waals surface area (Å²) in [4.78, 5) is 18.7. The Balaban J connectivity index is 1.42. The summed E-state index contributed by atoms with van der Waals surface area (Å²) in [5.41, 5.74) is 1.32. The maximum atomic E-state index is 12.2. The maximum Gasteiger partial charge on any atom is 0.224 e. The zero-order chi connectivity index (χ0) is 14.5. The van der Waals surface area contributed by atoms with Crippen molar-refractivity contribution in [3.05, 3.63) is 30.1 Å². The van der Waals surface area contributed by atoms with Crippen molar-refractivity contribution in [1.29, 1.82) is 0 Å². The summed E-state index contributed by atoms with van der Waals surface area (Å²) in [6.07, 6.45) is 9.50. The second-order valence-corrected chi connectivity index (χ2v) is 6.43. The molecule has 1 atom stereocenters. The molecule has 1 saturated heterocycles. The summed E-state index contributed by atoms with van der Waals surface area (Å²) in [5.74, 6) is 1.23.